The molecule has 3 saturated carbocycles. The molecule has 1 N–H and O–H groups in total. The maximum atomic E-state index is 13.2. The molecular weight excluding hydrogens is 565 g/mol. The highest BCUT2D eigenvalue weighted by atomic mass is 16.7. The van der Waals surface area contributed by atoms with Crippen molar-refractivity contribution in [3.63, 3.8) is 0 Å². The lowest BCUT2D eigenvalue weighted by Gasteiger charge is -2.64. The summed E-state index contributed by atoms with van der Waals surface area (Å²) in [6, 6.07) is 5.15. The zero-order valence-corrected chi connectivity index (χ0v) is 26.8. The molecular formula is C32H44BN3O8. The number of methoxy groups -OCH3 is 1. The van der Waals surface area contributed by atoms with Crippen LogP contribution in [0.25, 0.3) is 0 Å². The number of hydrogen-bond donors (Lipinski definition) is 1. The van der Waals surface area contributed by atoms with Crippen molar-refractivity contribution in [2.24, 2.45) is 22.7 Å². The molecule has 1 aromatic carbocycles. The van der Waals surface area contributed by atoms with Crippen molar-refractivity contribution in [1.82, 2.24) is 14.9 Å². The van der Waals surface area contributed by atoms with Crippen LogP contribution in [0.3, 0.4) is 0 Å². The van der Waals surface area contributed by atoms with Crippen LogP contribution in [-0.2, 0) is 41.3 Å². The van der Waals surface area contributed by atoms with Gasteiger partial charge in [-0.1, -0.05) is 26.0 Å². The number of para-hydroxylation sites is 1. The number of esters is 2. The highest BCUT2D eigenvalue weighted by Crippen LogP contribution is 2.65. The molecule has 2 heterocycles. The summed E-state index contributed by atoms with van der Waals surface area (Å²) < 4.78 is 31.2. The highest BCUT2D eigenvalue weighted by Gasteiger charge is 2.68. The number of hydrogen-bond acceptors (Lipinski definition) is 9. The second kappa shape index (κ2) is 12.2. The molecule has 0 radical (unpaired) electrons. The van der Waals surface area contributed by atoms with E-state index in [0.717, 1.165) is 12.8 Å². The zero-order valence-electron chi connectivity index (χ0n) is 26.8. The standard InChI is InChI=1S/C32H44BN3O8/c1-30(2,3)29(39)42-19-41-28(38)22-10-8-9-20(27(22)40-7)15-25(35-26(37)11-13-36-14-12-34-18-36)33-43-24-17-21-16-23(31(21,4)5)32(24,6)44-33/h8-10,12,14,18,21,23-25H,11,13,15-17,19H2,1-7H3,(H,35,37). The lowest BCUT2D eigenvalue weighted by molar-refractivity contribution is -0.199. The number of carbonyl (C=O) groups excluding carboxylic acids is 3. The van der Waals surface area contributed by atoms with Crippen LogP contribution >= 0.6 is 0 Å². The Morgan fingerprint density at radius 3 is 2.61 bits per heavy atom. The third kappa shape index (κ3) is 6.24. The SMILES string of the molecule is COc1c(CC(NC(=O)CCn2ccnc2)B2OC3CC4CC(C4(C)C)C3(C)O2)cccc1C(=O)OCOC(=O)C(C)(C)C. The van der Waals surface area contributed by atoms with Crippen LogP contribution in [0.4, 0.5) is 0 Å². The summed E-state index contributed by atoms with van der Waals surface area (Å²) in [5.74, 6) is -0.633. The number of aryl methyl sites for hydroxylation is 1. The van der Waals surface area contributed by atoms with Crippen LogP contribution in [0.5, 0.6) is 5.75 Å². The van der Waals surface area contributed by atoms with E-state index in [0.29, 0.717) is 29.7 Å². The third-order valence-corrected chi connectivity index (χ3v) is 9.75. The lowest BCUT2D eigenvalue weighted by Crippen LogP contribution is -2.65. The molecule has 2 bridgehead atoms. The van der Waals surface area contributed by atoms with E-state index >= 15 is 0 Å². The first-order valence-electron chi connectivity index (χ1n) is 15.3. The van der Waals surface area contributed by atoms with Gasteiger partial charge in [-0.3, -0.25) is 9.59 Å². The highest BCUT2D eigenvalue weighted by molar-refractivity contribution is 6.48. The number of benzene rings is 1. The maximum absolute atomic E-state index is 13.2. The predicted molar refractivity (Wildman–Crippen MR) is 161 cm³/mol. The normalized spacial score (nSPS) is 25.8. The Morgan fingerprint density at radius 1 is 1.18 bits per heavy atom. The lowest BCUT2D eigenvalue weighted by atomic mass is 9.43. The fourth-order valence-corrected chi connectivity index (χ4v) is 7.03. The van der Waals surface area contributed by atoms with Crippen molar-refractivity contribution in [2.75, 3.05) is 13.9 Å². The van der Waals surface area contributed by atoms with Crippen molar-refractivity contribution >= 4 is 25.0 Å². The van der Waals surface area contributed by atoms with Gasteiger partial charge in [-0.2, -0.15) is 0 Å². The van der Waals surface area contributed by atoms with Gasteiger partial charge in [-0.15, -0.1) is 0 Å². The van der Waals surface area contributed by atoms with Crippen LogP contribution in [0.1, 0.15) is 76.7 Å². The summed E-state index contributed by atoms with van der Waals surface area (Å²) in [7, 11) is 0.788. The minimum Gasteiger partial charge on any atom is -0.496 e. The average molecular weight is 610 g/mol. The largest absolute Gasteiger partial charge is 0.496 e. The van der Waals surface area contributed by atoms with Gasteiger partial charge >= 0.3 is 19.1 Å². The summed E-state index contributed by atoms with van der Waals surface area (Å²) in [4.78, 5) is 42.4. The van der Waals surface area contributed by atoms with Gasteiger partial charge in [0.1, 0.15) is 11.3 Å². The van der Waals surface area contributed by atoms with E-state index in [9.17, 15) is 14.4 Å². The quantitative estimate of drug-likeness (QED) is 0.229. The molecule has 0 spiro atoms. The van der Waals surface area contributed by atoms with Gasteiger partial charge in [0.15, 0.2) is 0 Å². The minimum absolute atomic E-state index is 0.0614. The van der Waals surface area contributed by atoms with Gasteiger partial charge in [-0.25, -0.2) is 9.78 Å². The predicted octanol–water partition coefficient (Wildman–Crippen LogP) is 3.98. The maximum Gasteiger partial charge on any atom is 0.482 e. The van der Waals surface area contributed by atoms with Gasteiger partial charge in [0.2, 0.25) is 12.7 Å². The summed E-state index contributed by atoms with van der Waals surface area (Å²) in [5.41, 5.74) is -0.157. The van der Waals surface area contributed by atoms with E-state index in [4.69, 9.17) is 23.5 Å². The fourth-order valence-electron chi connectivity index (χ4n) is 7.03. The van der Waals surface area contributed by atoms with Gasteiger partial charge in [0.05, 0.1) is 36.5 Å². The molecule has 2 aromatic rings. The van der Waals surface area contributed by atoms with Crippen molar-refractivity contribution in [3.05, 3.63) is 48.0 Å². The first-order valence-corrected chi connectivity index (χ1v) is 15.3. The number of rotatable bonds is 11. The Balaban J connectivity index is 1.34. The summed E-state index contributed by atoms with van der Waals surface area (Å²) in [5, 5.41) is 3.15. The van der Waals surface area contributed by atoms with E-state index in [-0.39, 0.29) is 35.8 Å². The Labute approximate surface area is 259 Å². The molecule has 238 valence electrons. The molecule has 5 unspecified atom stereocenters. The molecule has 4 aliphatic rings. The van der Waals surface area contributed by atoms with Crippen molar-refractivity contribution < 1.29 is 37.9 Å². The van der Waals surface area contributed by atoms with Crippen LogP contribution in [0.15, 0.2) is 36.9 Å². The van der Waals surface area contributed by atoms with E-state index in [1.54, 1.807) is 45.4 Å². The van der Waals surface area contributed by atoms with Crippen LogP contribution in [0.2, 0.25) is 0 Å². The molecule has 11 nitrogen and oxygen atoms in total. The molecule has 1 saturated heterocycles. The average Bonchev–Trinajstić information content (AvgIpc) is 3.62. The molecule has 4 fully saturated rings. The van der Waals surface area contributed by atoms with E-state index in [1.807, 2.05) is 16.8 Å². The van der Waals surface area contributed by atoms with Crippen LogP contribution < -0.4 is 10.1 Å². The third-order valence-electron chi connectivity index (χ3n) is 9.75. The molecule has 1 amide bonds. The Bertz CT molecular complexity index is 1370. The number of carbonyl (C=O) groups is 3. The van der Waals surface area contributed by atoms with E-state index in [2.05, 4.69) is 31.1 Å². The fraction of sp³-hybridized carbons (Fsp3) is 0.625. The Kier molecular flexibility index (Phi) is 8.88. The molecule has 44 heavy (non-hydrogen) atoms. The number of aromatic nitrogens is 2. The molecule has 5 atom stereocenters. The van der Waals surface area contributed by atoms with E-state index < -0.39 is 42.8 Å². The molecule has 6 rings (SSSR count). The molecule has 12 heteroatoms. The first kappa shape index (κ1) is 32.0. The minimum atomic E-state index is -0.725. The molecule has 1 aromatic heterocycles. The number of ether oxygens (including phenoxy) is 3. The van der Waals surface area contributed by atoms with Crippen molar-refractivity contribution in [3.8, 4) is 5.75 Å². The van der Waals surface area contributed by atoms with Crippen LogP contribution in [-0.4, -0.2) is 66.1 Å². The van der Waals surface area contributed by atoms with E-state index in [1.165, 1.54) is 7.11 Å². The number of nitrogens with zero attached hydrogens (tertiary/aromatic N) is 2. The van der Waals surface area contributed by atoms with Gasteiger partial charge < -0.3 is 33.4 Å². The number of imidazole rings is 1. The topological polar surface area (TPSA) is 127 Å². The first-order chi connectivity index (χ1) is 20.7. The Morgan fingerprint density at radius 2 is 1.95 bits per heavy atom. The van der Waals surface area contributed by atoms with Crippen LogP contribution in [0, 0.1) is 22.7 Å². The second-order valence-electron chi connectivity index (χ2n) is 14.0. The van der Waals surface area contributed by atoms with Gasteiger partial charge in [-0.05, 0) is 75.8 Å². The summed E-state index contributed by atoms with van der Waals surface area (Å²) >= 11 is 0. The van der Waals surface area contributed by atoms with Crippen molar-refractivity contribution in [1.29, 1.82) is 0 Å². The number of nitrogens with one attached hydrogen (secondary N) is 1. The smallest absolute Gasteiger partial charge is 0.482 e. The second-order valence-corrected chi connectivity index (χ2v) is 14.0. The Hall–Kier alpha value is -3.38. The molecule has 1 aliphatic heterocycles. The summed E-state index contributed by atoms with van der Waals surface area (Å²) in [6.45, 7) is 11.9. The van der Waals surface area contributed by atoms with Gasteiger partial charge in [0, 0.05) is 25.4 Å². The molecule has 3 aliphatic carbocycles. The number of amides is 1. The van der Waals surface area contributed by atoms with Gasteiger partial charge in [0.25, 0.3) is 0 Å². The zero-order chi connectivity index (χ0) is 31.9. The summed E-state index contributed by atoms with van der Waals surface area (Å²) in [6.07, 6.45) is 7.66. The van der Waals surface area contributed by atoms with Crippen molar-refractivity contribution in [2.45, 2.75) is 91.4 Å². The monoisotopic (exact) mass is 609 g/mol.